The van der Waals surface area contributed by atoms with Crippen molar-refractivity contribution in [2.24, 2.45) is 0 Å². The van der Waals surface area contributed by atoms with Crippen LogP contribution in [0.1, 0.15) is 44.1 Å². The number of benzene rings is 1. The minimum Gasteiger partial charge on any atom is -0.489 e. The van der Waals surface area contributed by atoms with Crippen LogP contribution in [0.25, 0.3) is 10.6 Å². The summed E-state index contributed by atoms with van der Waals surface area (Å²) in [7, 11) is 0. The number of nitriles is 1. The van der Waals surface area contributed by atoms with Crippen LogP contribution in [0.15, 0.2) is 24.4 Å². The number of nitrogens with zero attached hydrogens (tertiary/aromatic N) is 3. The Morgan fingerprint density at radius 1 is 1.36 bits per heavy atom. The van der Waals surface area contributed by atoms with E-state index in [-0.39, 0.29) is 12.2 Å². The number of rotatable bonds is 3. The first-order valence-electron chi connectivity index (χ1n) is 9.36. The second-order valence-corrected chi connectivity index (χ2v) is 9.18. The highest BCUT2D eigenvalue weighted by atomic mass is 32.1. The molecule has 0 spiro atoms. The smallest absolute Gasteiger partial charge is 0.410 e. The van der Waals surface area contributed by atoms with E-state index in [4.69, 9.17) is 9.47 Å². The van der Waals surface area contributed by atoms with Gasteiger partial charge in [-0.1, -0.05) is 0 Å². The zero-order valence-corrected chi connectivity index (χ0v) is 17.5. The van der Waals surface area contributed by atoms with Crippen LogP contribution in [0.5, 0.6) is 5.75 Å². The Hall–Kier alpha value is -2.59. The zero-order valence-electron chi connectivity index (χ0n) is 16.7. The Bertz CT molecular complexity index is 895. The van der Waals surface area contributed by atoms with Crippen molar-refractivity contribution in [1.82, 2.24) is 9.88 Å². The highest BCUT2D eigenvalue weighted by Gasteiger charge is 2.28. The van der Waals surface area contributed by atoms with Crippen molar-refractivity contribution >= 4 is 17.4 Å². The molecule has 148 valence electrons. The summed E-state index contributed by atoms with van der Waals surface area (Å²) < 4.78 is 11.6. The van der Waals surface area contributed by atoms with Crippen molar-refractivity contribution in [1.29, 1.82) is 5.26 Å². The third-order valence-electron chi connectivity index (χ3n) is 4.24. The first kappa shape index (κ1) is 20.2. The number of aromatic nitrogens is 1. The van der Waals surface area contributed by atoms with E-state index in [0.29, 0.717) is 24.4 Å². The van der Waals surface area contributed by atoms with E-state index >= 15 is 0 Å². The zero-order chi connectivity index (χ0) is 20.3. The molecule has 1 aliphatic rings. The maximum Gasteiger partial charge on any atom is 0.410 e. The summed E-state index contributed by atoms with van der Waals surface area (Å²) in [6, 6.07) is 7.65. The summed E-state index contributed by atoms with van der Waals surface area (Å²) in [6.45, 7) is 8.71. The molecule has 2 aromatic rings. The lowest BCUT2D eigenvalue weighted by Crippen LogP contribution is -2.46. The predicted molar refractivity (Wildman–Crippen MR) is 108 cm³/mol. The standard InChI is InChI=1S/C21H25N3O3S/c1-14-12-23-19(28-14)16-8-15(11-22)9-18(10-16)26-17-6-5-7-24(13-17)20(25)27-21(2,3)4/h8-10,12,17H,5-7,13H2,1-4H3/t17-/m1/s1. The molecular weight excluding hydrogens is 374 g/mol. The quantitative estimate of drug-likeness (QED) is 0.743. The van der Waals surface area contributed by atoms with Gasteiger partial charge in [-0.15, -0.1) is 11.3 Å². The molecule has 0 N–H and O–H groups in total. The third kappa shape index (κ3) is 5.23. The predicted octanol–water partition coefficient (Wildman–Crippen LogP) is 4.77. The van der Waals surface area contributed by atoms with Crippen LogP contribution in [0.4, 0.5) is 4.79 Å². The monoisotopic (exact) mass is 399 g/mol. The topological polar surface area (TPSA) is 75.5 Å². The van der Waals surface area contributed by atoms with Crippen LogP contribution in [-0.2, 0) is 4.74 Å². The Balaban J connectivity index is 1.74. The Labute approximate surface area is 169 Å². The highest BCUT2D eigenvalue weighted by molar-refractivity contribution is 7.14. The maximum absolute atomic E-state index is 12.4. The van der Waals surface area contributed by atoms with E-state index < -0.39 is 5.60 Å². The van der Waals surface area contributed by atoms with Gasteiger partial charge < -0.3 is 14.4 Å². The molecule has 1 saturated heterocycles. The molecule has 1 aliphatic heterocycles. The number of aryl methyl sites for hydroxylation is 1. The molecule has 1 amide bonds. The molecule has 0 radical (unpaired) electrons. The van der Waals surface area contributed by atoms with Crippen molar-refractivity contribution in [2.45, 2.75) is 52.2 Å². The second kappa shape index (κ2) is 8.19. The molecule has 0 bridgehead atoms. The maximum atomic E-state index is 12.4. The number of piperidine rings is 1. The van der Waals surface area contributed by atoms with Gasteiger partial charge in [0.15, 0.2) is 0 Å². The van der Waals surface area contributed by atoms with E-state index in [0.717, 1.165) is 28.3 Å². The first-order chi connectivity index (χ1) is 13.2. The van der Waals surface area contributed by atoms with E-state index in [1.807, 2.05) is 46.0 Å². The van der Waals surface area contributed by atoms with Crippen molar-refractivity contribution < 1.29 is 14.3 Å². The van der Waals surface area contributed by atoms with Crippen molar-refractivity contribution in [3.05, 3.63) is 34.8 Å². The van der Waals surface area contributed by atoms with Gasteiger partial charge in [-0.25, -0.2) is 9.78 Å². The van der Waals surface area contributed by atoms with Crippen LogP contribution in [0, 0.1) is 18.3 Å². The summed E-state index contributed by atoms with van der Waals surface area (Å²) in [5.74, 6) is 0.623. The fourth-order valence-electron chi connectivity index (χ4n) is 3.06. The number of carbonyl (C=O) groups excluding carboxylic acids is 1. The number of hydrogen-bond acceptors (Lipinski definition) is 6. The van der Waals surface area contributed by atoms with Gasteiger partial charge in [-0.2, -0.15) is 5.26 Å². The van der Waals surface area contributed by atoms with Gasteiger partial charge in [-0.05, 0) is 58.7 Å². The van der Waals surface area contributed by atoms with Gasteiger partial charge in [0.1, 0.15) is 22.5 Å². The van der Waals surface area contributed by atoms with Gasteiger partial charge in [0.05, 0.1) is 18.2 Å². The first-order valence-corrected chi connectivity index (χ1v) is 10.2. The molecule has 28 heavy (non-hydrogen) atoms. The lowest BCUT2D eigenvalue weighted by atomic mass is 10.1. The molecule has 1 atom stereocenters. The minimum absolute atomic E-state index is 0.138. The molecule has 0 saturated carbocycles. The molecule has 1 aromatic heterocycles. The largest absolute Gasteiger partial charge is 0.489 e. The number of hydrogen-bond donors (Lipinski definition) is 0. The summed E-state index contributed by atoms with van der Waals surface area (Å²) in [6.07, 6.45) is 3.06. The molecule has 0 aliphatic carbocycles. The lowest BCUT2D eigenvalue weighted by molar-refractivity contribution is 0.00776. The van der Waals surface area contributed by atoms with Crippen LogP contribution < -0.4 is 4.74 Å². The van der Waals surface area contributed by atoms with E-state index in [2.05, 4.69) is 11.1 Å². The molecule has 3 rings (SSSR count). The van der Waals surface area contributed by atoms with Crippen molar-refractivity contribution in [3.63, 3.8) is 0 Å². The van der Waals surface area contributed by atoms with Gasteiger partial charge in [0.25, 0.3) is 0 Å². The number of thiazole rings is 1. The van der Waals surface area contributed by atoms with Crippen LogP contribution in [-0.4, -0.2) is 40.8 Å². The van der Waals surface area contributed by atoms with Gasteiger partial charge in [-0.3, -0.25) is 0 Å². The summed E-state index contributed by atoms with van der Waals surface area (Å²) in [5.41, 5.74) is 0.874. The number of amides is 1. The van der Waals surface area contributed by atoms with Gasteiger partial charge in [0, 0.05) is 23.2 Å². The summed E-state index contributed by atoms with van der Waals surface area (Å²) in [4.78, 5) is 19.6. The van der Waals surface area contributed by atoms with Gasteiger partial charge >= 0.3 is 6.09 Å². The van der Waals surface area contributed by atoms with E-state index in [9.17, 15) is 10.1 Å². The average Bonchev–Trinajstić information content (AvgIpc) is 3.07. The van der Waals surface area contributed by atoms with E-state index in [1.54, 1.807) is 22.3 Å². The normalized spacial score (nSPS) is 17.1. The van der Waals surface area contributed by atoms with Gasteiger partial charge in [0.2, 0.25) is 0 Å². The average molecular weight is 400 g/mol. The lowest BCUT2D eigenvalue weighted by Gasteiger charge is -2.34. The van der Waals surface area contributed by atoms with Crippen LogP contribution in [0.2, 0.25) is 0 Å². The summed E-state index contributed by atoms with van der Waals surface area (Å²) in [5, 5.41) is 10.2. The van der Waals surface area contributed by atoms with Crippen LogP contribution >= 0.6 is 11.3 Å². The number of ether oxygens (including phenoxy) is 2. The number of likely N-dealkylation sites (tertiary alicyclic amines) is 1. The summed E-state index contributed by atoms with van der Waals surface area (Å²) >= 11 is 1.58. The molecular formula is C21H25N3O3S. The number of carbonyl (C=O) groups is 1. The second-order valence-electron chi connectivity index (χ2n) is 7.94. The molecule has 1 aromatic carbocycles. The molecule has 2 heterocycles. The van der Waals surface area contributed by atoms with Crippen LogP contribution in [0.3, 0.4) is 0 Å². The molecule has 1 fully saturated rings. The molecule has 7 heteroatoms. The molecule has 6 nitrogen and oxygen atoms in total. The highest BCUT2D eigenvalue weighted by Crippen LogP contribution is 2.30. The fraction of sp³-hybridized carbons (Fsp3) is 0.476. The third-order valence-corrected chi connectivity index (χ3v) is 5.20. The fourth-order valence-corrected chi connectivity index (χ4v) is 3.81. The SMILES string of the molecule is Cc1cnc(-c2cc(C#N)cc(O[C@@H]3CCCN(C(=O)OC(C)(C)C)C3)c2)s1. The Morgan fingerprint density at radius 3 is 2.79 bits per heavy atom. The van der Waals surface area contributed by atoms with Crippen molar-refractivity contribution in [3.8, 4) is 22.4 Å². The minimum atomic E-state index is -0.521. The van der Waals surface area contributed by atoms with E-state index in [1.165, 1.54) is 0 Å². The molecule has 0 unspecified atom stereocenters. The Morgan fingerprint density at radius 2 is 2.14 bits per heavy atom. The van der Waals surface area contributed by atoms with Crippen molar-refractivity contribution in [2.75, 3.05) is 13.1 Å². The Kier molecular flexibility index (Phi) is 5.90.